The van der Waals surface area contributed by atoms with Crippen molar-refractivity contribution in [1.29, 1.82) is 0 Å². The van der Waals surface area contributed by atoms with Crippen molar-refractivity contribution in [2.75, 3.05) is 24.7 Å². The molecule has 1 aromatic heterocycles. The van der Waals surface area contributed by atoms with Gasteiger partial charge in [-0.3, -0.25) is 0 Å². The second-order valence-electron chi connectivity index (χ2n) is 4.20. The van der Waals surface area contributed by atoms with Crippen LogP contribution in [0.4, 0.5) is 11.4 Å². The fourth-order valence-corrected chi connectivity index (χ4v) is 1.81. The highest BCUT2D eigenvalue weighted by molar-refractivity contribution is 5.62. The summed E-state index contributed by atoms with van der Waals surface area (Å²) < 4.78 is 9.42. The number of anilines is 2. The predicted octanol–water partition coefficient (Wildman–Crippen LogP) is 1.02. The summed E-state index contributed by atoms with van der Waals surface area (Å²) in [5, 5.41) is 3.34. The van der Waals surface area contributed by atoms with Gasteiger partial charge in [0.2, 0.25) is 6.33 Å². The number of hydrogen-bond donors (Lipinski definition) is 2. The first kappa shape index (κ1) is 12.3. The van der Waals surface area contributed by atoms with Gasteiger partial charge >= 0.3 is 0 Å². The second-order valence-corrected chi connectivity index (χ2v) is 4.20. The molecule has 2 aromatic rings. The van der Waals surface area contributed by atoms with E-state index in [1.807, 2.05) is 48.5 Å². The van der Waals surface area contributed by atoms with Gasteiger partial charge in [0.1, 0.15) is 24.7 Å². The summed E-state index contributed by atoms with van der Waals surface area (Å²) in [5.74, 6) is 0.771. The minimum atomic E-state index is 0.704. The van der Waals surface area contributed by atoms with Gasteiger partial charge in [0, 0.05) is 11.8 Å². The smallest absolute Gasteiger partial charge is 0.243 e. The molecule has 0 aliphatic carbocycles. The first-order valence-corrected chi connectivity index (χ1v) is 5.87. The molecule has 18 heavy (non-hydrogen) atoms. The van der Waals surface area contributed by atoms with Gasteiger partial charge in [-0.05, 0) is 12.1 Å². The van der Waals surface area contributed by atoms with Gasteiger partial charge in [0.15, 0.2) is 0 Å². The molecule has 3 N–H and O–H groups in total. The number of aryl methyl sites for hydroxylation is 1. The SMILES string of the molecule is COc1cc(N)ccc1NCC[n+]1ccn(C)c1. The Hall–Kier alpha value is -2.17. The second kappa shape index (κ2) is 5.44. The predicted molar refractivity (Wildman–Crippen MR) is 71.5 cm³/mol. The third-order valence-electron chi connectivity index (χ3n) is 2.73. The van der Waals surface area contributed by atoms with Crippen LogP contribution in [0.1, 0.15) is 0 Å². The Morgan fingerprint density at radius 2 is 2.28 bits per heavy atom. The lowest BCUT2D eigenvalue weighted by molar-refractivity contribution is -0.693. The van der Waals surface area contributed by atoms with Crippen LogP contribution < -0.4 is 20.4 Å². The van der Waals surface area contributed by atoms with Gasteiger partial charge in [0.05, 0.1) is 26.4 Å². The maximum atomic E-state index is 5.71. The van der Waals surface area contributed by atoms with Crippen LogP contribution in [-0.2, 0) is 13.6 Å². The molecule has 0 spiro atoms. The first-order valence-electron chi connectivity index (χ1n) is 5.87. The molecule has 5 heteroatoms. The molecule has 1 aromatic carbocycles. The number of nitrogens with two attached hydrogens (primary N) is 1. The van der Waals surface area contributed by atoms with Gasteiger partial charge in [-0.25, -0.2) is 9.13 Å². The largest absolute Gasteiger partial charge is 0.495 e. The van der Waals surface area contributed by atoms with Crippen LogP contribution in [0.15, 0.2) is 36.9 Å². The van der Waals surface area contributed by atoms with Gasteiger partial charge in [-0.1, -0.05) is 0 Å². The highest BCUT2D eigenvalue weighted by Gasteiger charge is 2.04. The number of methoxy groups -OCH3 is 1. The number of nitrogens with one attached hydrogen (secondary N) is 1. The average molecular weight is 247 g/mol. The van der Waals surface area contributed by atoms with Crippen molar-refractivity contribution < 1.29 is 9.30 Å². The van der Waals surface area contributed by atoms with Crippen molar-refractivity contribution in [3.05, 3.63) is 36.9 Å². The molecular formula is C13H19N4O+. The van der Waals surface area contributed by atoms with E-state index in [-0.39, 0.29) is 0 Å². The maximum Gasteiger partial charge on any atom is 0.243 e. The zero-order valence-corrected chi connectivity index (χ0v) is 10.8. The summed E-state index contributed by atoms with van der Waals surface area (Å²) in [6.07, 6.45) is 6.10. The minimum Gasteiger partial charge on any atom is -0.495 e. The fourth-order valence-electron chi connectivity index (χ4n) is 1.81. The van der Waals surface area contributed by atoms with Crippen LogP contribution in [0.2, 0.25) is 0 Å². The number of aromatic nitrogens is 2. The molecule has 0 saturated heterocycles. The summed E-state index contributed by atoms with van der Waals surface area (Å²) in [5.41, 5.74) is 7.38. The highest BCUT2D eigenvalue weighted by Crippen LogP contribution is 2.26. The monoisotopic (exact) mass is 247 g/mol. The van der Waals surface area contributed by atoms with E-state index in [9.17, 15) is 0 Å². The molecule has 0 saturated carbocycles. The lowest BCUT2D eigenvalue weighted by atomic mass is 10.2. The maximum absolute atomic E-state index is 5.71. The Labute approximate surface area is 107 Å². The quantitative estimate of drug-likeness (QED) is 0.612. The molecular weight excluding hydrogens is 228 g/mol. The molecule has 0 aliphatic rings. The van der Waals surface area contributed by atoms with E-state index >= 15 is 0 Å². The molecule has 5 nitrogen and oxygen atoms in total. The van der Waals surface area contributed by atoms with Crippen LogP contribution in [0.5, 0.6) is 5.75 Å². The van der Waals surface area contributed by atoms with E-state index < -0.39 is 0 Å². The number of nitrogens with zero attached hydrogens (tertiary/aromatic N) is 2. The highest BCUT2D eigenvalue weighted by atomic mass is 16.5. The van der Waals surface area contributed by atoms with E-state index in [0.29, 0.717) is 5.69 Å². The van der Waals surface area contributed by atoms with E-state index in [1.54, 1.807) is 7.11 Å². The Balaban J connectivity index is 1.94. The number of benzene rings is 1. The van der Waals surface area contributed by atoms with Crippen molar-refractivity contribution in [2.24, 2.45) is 7.05 Å². The molecule has 0 atom stereocenters. The zero-order chi connectivity index (χ0) is 13.0. The third kappa shape index (κ3) is 2.94. The summed E-state index contributed by atoms with van der Waals surface area (Å²) >= 11 is 0. The van der Waals surface area contributed by atoms with Gasteiger partial charge < -0.3 is 15.8 Å². The summed E-state index contributed by atoms with van der Waals surface area (Å²) in [6, 6.07) is 5.61. The Morgan fingerprint density at radius 3 is 2.94 bits per heavy atom. The lowest BCUT2D eigenvalue weighted by Gasteiger charge is -2.10. The van der Waals surface area contributed by atoms with Gasteiger partial charge in [-0.2, -0.15) is 0 Å². The molecule has 0 amide bonds. The van der Waals surface area contributed by atoms with Crippen LogP contribution in [0, 0.1) is 0 Å². The molecule has 1 heterocycles. The van der Waals surface area contributed by atoms with Gasteiger partial charge in [-0.15, -0.1) is 0 Å². The van der Waals surface area contributed by atoms with Crippen molar-refractivity contribution in [2.45, 2.75) is 6.54 Å². The topological polar surface area (TPSA) is 56.1 Å². The number of rotatable bonds is 5. The summed E-state index contributed by atoms with van der Waals surface area (Å²) in [6.45, 7) is 1.73. The van der Waals surface area contributed by atoms with E-state index in [1.165, 1.54) is 0 Å². The number of imidazole rings is 1. The first-order chi connectivity index (χ1) is 8.69. The van der Waals surface area contributed by atoms with Crippen LogP contribution >= 0.6 is 0 Å². The average Bonchev–Trinajstić information content (AvgIpc) is 2.77. The van der Waals surface area contributed by atoms with E-state index in [4.69, 9.17) is 10.5 Å². The molecule has 0 fully saturated rings. The lowest BCUT2D eigenvalue weighted by Crippen LogP contribution is -2.34. The van der Waals surface area contributed by atoms with Crippen LogP contribution in [0.25, 0.3) is 0 Å². The third-order valence-corrected chi connectivity index (χ3v) is 2.73. The van der Waals surface area contributed by atoms with E-state index in [2.05, 4.69) is 9.88 Å². The molecule has 96 valence electrons. The Kier molecular flexibility index (Phi) is 3.72. The molecule has 2 rings (SSSR count). The Bertz CT molecular complexity index is 521. The Morgan fingerprint density at radius 1 is 1.44 bits per heavy atom. The molecule has 0 bridgehead atoms. The normalized spacial score (nSPS) is 10.3. The van der Waals surface area contributed by atoms with Crippen LogP contribution in [0.3, 0.4) is 0 Å². The minimum absolute atomic E-state index is 0.704. The number of nitrogen functional groups attached to an aromatic ring is 1. The number of ether oxygens (including phenoxy) is 1. The summed E-state index contributed by atoms with van der Waals surface area (Å²) in [7, 11) is 3.65. The van der Waals surface area contributed by atoms with Crippen LogP contribution in [-0.4, -0.2) is 18.2 Å². The van der Waals surface area contributed by atoms with E-state index in [0.717, 1.165) is 24.5 Å². The molecule has 0 unspecified atom stereocenters. The van der Waals surface area contributed by atoms with Crippen molar-refractivity contribution in [3.63, 3.8) is 0 Å². The standard InChI is InChI=1S/C13H19N4O/c1-16-7-8-17(10-16)6-5-15-12-4-3-11(14)9-13(12)18-2/h3-4,7-10,15H,5-6,14H2,1-2H3/q+1. The molecule has 0 aliphatic heterocycles. The van der Waals surface area contributed by atoms with Gasteiger partial charge in [0.25, 0.3) is 0 Å². The fraction of sp³-hybridized carbons (Fsp3) is 0.308. The number of hydrogen-bond acceptors (Lipinski definition) is 3. The van der Waals surface area contributed by atoms with Crippen molar-refractivity contribution >= 4 is 11.4 Å². The summed E-state index contributed by atoms with van der Waals surface area (Å²) in [4.78, 5) is 0. The van der Waals surface area contributed by atoms with Crippen molar-refractivity contribution in [3.8, 4) is 5.75 Å². The zero-order valence-electron chi connectivity index (χ0n) is 10.8. The molecule has 0 radical (unpaired) electrons. The van der Waals surface area contributed by atoms with Crippen molar-refractivity contribution in [1.82, 2.24) is 4.57 Å².